The minimum atomic E-state index is -0.0824. The molecule has 0 spiro atoms. The van der Waals surface area contributed by atoms with Crippen LogP contribution >= 0.6 is 11.3 Å². The van der Waals surface area contributed by atoms with E-state index in [4.69, 9.17) is 4.42 Å². The summed E-state index contributed by atoms with van der Waals surface area (Å²) in [7, 11) is 0. The van der Waals surface area contributed by atoms with Gasteiger partial charge in [-0.25, -0.2) is 0 Å². The molecular weight excluding hydrogens is 310 g/mol. The van der Waals surface area contributed by atoms with Crippen molar-refractivity contribution in [3.63, 3.8) is 0 Å². The Morgan fingerprint density at radius 2 is 2.04 bits per heavy atom. The highest BCUT2D eigenvalue weighted by Gasteiger charge is 2.12. The van der Waals surface area contributed by atoms with E-state index in [1.165, 1.54) is 5.56 Å². The third-order valence-electron chi connectivity index (χ3n) is 3.42. The van der Waals surface area contributed by atoms with E-state index < -0.39 is 0 Å². The second-order valence-electron chi connectivity index (χ2n) is 5.41. The highest BCUT2D eigenvalue weighted by Crippen LogP contribution is 2.18. The number of aromatic nitrogens is 2. The summed E-state index contributed by atoms with van der Waals surface area (Å²) >= 11 is 1.67. The zero-order chi connectivity index (χ0) is 16.2. The monoisotopic (exact) mass is 327 g/mol. The fourth-order valence-corrected chi connectivity index (χ4v) is 2.98. The van der Waals surface area contributed by atoms with Crippen LogP contribution in [0.4, 0.5) is 0 Å². The van der Waals surface area contributed by atoms with Crippen LogP contribution in [0.1, 0.15) is 28.7 Å². The molecule has 0 fully saturated rings. The third-order valence-corrected chi connectivity index (χ3v) is 4.15. The zero-order valence-electron chi connectivity index (χ0n) is 12.9. The van der Waals surface area contributed by atoms with E-state index in [1.807, 2.05) is 24.4 Å². The smallest absolute Gasteiger partial charge is 0.251 e. The molecule has 3 aromatic rings. The first-order chi connectivity index (χ1) is 11.1. The Labute approximate surface area is 138 Å². The molecule has 2 heterocycles. The van der Waals surface area contributed by atoms with Gasteiger partial charge in [0, 0.05) is 24.1 Å². The van der Waals surface area contributed by atoms with Gasteiger partial charge in [-0.15, -0.1) is 10.2 Å². The quantitative estimate of drug-likeness (QED) is 0.779. The second-order valence-corrected chi connectivity index (χ2v) is 6.19. The van der Waals surface area contributed by atoms with Crippen molar-refractivity contribution < 1.29 is 9.21 Å². The largest absolute Gasteiger partial charge is 0.421 e. The average Bonchev–Trinajstić information content (AvgIpc) is 3.19. The maximum absolute atomic E-state index is 12.3. The van der Waals surface area contributed by atoms with Gasteiger partial charge in [0.1, 0.15) is 0 Å². The first kappa shape index (κ1) is 15.4. The number of rotatable bonds is 5. The summed E-state index contributed by atoms with van der Waals surface area (Å²) in [5.74, 6) is 0.894. The van der Waals surface area contributed by atoms with Gasteiger partial charge in [0.25, 0.3) is 5.91 Å². The molecule has 1 N–H and O–H groups in total. The predicted molar refractivity (Wildman–Crippen MR) is 89.4 cm³/mol. The molecule has 5 nitrogen and oxygen atoms in total. The molecule has 0 unspecified atom stereocenters. The van der Waals surface area contributed by atoms with Gasteiger partial charge < -0.3 is 9.73 Å². The minimum absolute atomic E-state index is 0.0790. The summed E-state index contributed by atoms with van der Waals surface area (Å²) in [5, 5.41) is 14.9. The van der Waals surface area contributed by atoms with Gasteiger partial charge in [0.15, 0.2) is 0 Å². The van der Waals surface area contributed by atoms with Crippen LogP contribution in [0.3, 0.4) is 0 Å². The van der Waals surface area contributed by atoms with Crippen LogP contribution < -0.4 is 5.32 Å². The van der Waals surface area contributed by atoms with E-state index in [0.29, 0.717) is 17.3 Å². The van der Waals surface area contributed by atoms with Gasteiger partial charge >= 0.3 is 0 Å². The van der Waals surface area contributed by atoms with E-state index in [-0.39, 0.29) is 11.9 Å². The molecule has 23 heavy (non-hydrogen) atoms. The van der Waals surface area contributed by atoms with Crippen LogP contribution in [0.5, 0.6) is 0 Å². The molecule has 6 heteroatoms. The lowest BCUT2D eigenvalue weighted by atomic mass is 10.1. The number of benzene rings is 1. The number of nitrogens with one attached hydrogen (secondary N) is 1. The number of carbonyl (C=O) groups excluding carboxylic acids is 1. The van der Waals surface area contributed by atoms with Crippen LogP contribution in [-0.4, -0.2) is 22.1 Å². The first-order valence-corrected chi connectivity index (χ1v) is 8.28. The van der Waals surface area contributed by atoms with Crippen molar-refractivity contribution in [3.8, 4) is 11.5 Å². The second kappa shape index (κ2) is 6.75. The molecule has 1 atom stereocenters. The Kier molecular flexibility index (Phi) is 4.52. The molecule has 0 aliphatic carbocycles. The molecule has 2 aromatic heterocycles. The Bertz CT molecular complexity index is 779. The topological polar surface area (TPSA) is 68.0 Å². The molecule has 1 aromatic carbocycles. The van der Waals surface area contributed by atoms with Crippen molar-refractivity contribution in [2.45, 2.75) is 26.3 Å². The lowest BCUT2D eigenvalue weighted by Crippen LogP contribution is -2.33. The lowest BCUT2D eigenvalue weighted by molar-refractivity contribution is 0.0940. The Morgan fingerprint density at radius 3 is 2.65 bits per heavy atom. The molecule has 3 rings (SSSR count). The van der Waals surface area contributed by atoms with E-state index in [2.05, 4.69) is 27.0 Å². The van der Waals surface area contributed by atoms with Crippen molar-refractivity contribution >= 4 is 17.2 Å². The highest BCUT2D eigenvalue weighted by atomic mass is 32.1. The van der Waals surface area contributed by atoms with Crippen LogP contribution in [-0.2, 0) is 6.42 Å². The molecule has 0 bridgehead atoms. The Hall–Kier alpha value is -2.47. The molecule has 0 radical (unpaired) electrons. The van der Waals surface area contributed by atoms with Gasteiger partial charge in [-0.2, -0.15) is 11.3 Å². The van der Waals surface area contributed by atoms with E-state index >= 15 is 0 Å². The molecule has 0 aliphatic heterocycles. The summed E-state index contributed by atoms with van der Waals surface area (Å²) in [5.41, 5.74) is 2.65. The van der Waals surface area contributed by atoms with E-state index in [1.54, 1.807) is 30.4 Å². The van der Waals surface area contributed by atoms with Crippen molar-refractivity contribution in [1.82, 2.24) is 15.5 Å². The molecule has 0 aliphatic rings. The fraction of sp³-hybridized carbons (Fsp3) is 0.235. The maximum Gasteiger partial charge on any atom is 0.251 e. The SMILES string of the molecule is Cc1nnc(-c2ccc(C(=O)N[C@@H](C)Cc3ccsc3)cc2)o1. The van der Waals surface area contributed by atoms with Crippen LogP contribution in [0.25, 0.3) is 11.5 Å². The predicted octanol–water partition coefficient (Wildman–Crippen LogP) is 3.47. The molecule has 0 saturated heterocycles. The van der Waals surface area contributed by atoms with E-state index in [0.717, 1.165) is 12.0 Å². The number of hydrogen-bond donors (Lipinski definition) is 1. The van der Waals surface area contributed by atoms with Gasteiger partial charge in [-0.1, -0.05) is 0 Å². The molecule has 0 saturated carbocycles. The minimum Gasteiger partial charge on any atom is -0.421 e. The van der Waals surface area contributed by atoms with Gasteiger partial charge in [-0.05, 0) is 60.0 Å². The number of amides is 1. The molecular formula is C17H17N3O2S. The average molecular weight is 327 g/mol. The Morgan fingerprint density at radius 1 is 1.26 bits per heavy atom. The van der Waals surface area contributed by atoms with Crippen LogP contribution in [0.15, 0.2) is 45.5 Å². The standard InChI is InChI=1S/C17H17N3O2S/c1-11(9-13-7-8-23-10-13)18-16(21)14-3-5-15(6-4-14)17-20-19-12(2)22-17/h3-8,10-11H,9H2,1-2H3,(H,18,21)/t11-/m0/s1. The van der Waals surface area contributed by atoms with Crippen molar-refractivity contribution in [1.29, 1.82) is 0 Å². The van der Waals surface area contributed by atoms with Gasteiger partial charge in [0.2, 0.25) is 11.8 Å². The summed E-state index contributed by atoms with van der Waals surface area (Å²) in [6.07, 6.45) is 0.828. The number of carbonyl (C=O) groups is 1. The number of nitrogens with zero attached hydrogens (tertiary/aromatic N) is 2. The van der Waals surface area contributed by atoms with Crippen molar-refractivity contribution in [2.75, 3.05) is 0 Å². The van der Waals surface area contributed by atoms with E-state index in [9.17, 15) is 4.79 Å². The maximum atomic E-state index is 12.3. The normalized spacial score (nSPS) is 12.1. The summed E-state index contributed by atoms with van der Waals surface area (Å²) < 4.78 is 5.37. The van der Waals surface area contributed by atoms with Crippen LogP contribution in [0, 0.1) is 6.92 Å². The Balaban J connectivity index is 1.63. The summed E-state index contributed by atoms with van der Waals surface area (Å²) in [4.78, 5) is 12.3. The van der Waals surface area contributed by atoms with Crippen molar-refractivity contribution in [3.05, 3.63) is 58.1 Å². The highest BCUT2D eigenvalue weighted by molar-refractivity contribution is 7.07. The molecule has 118 valence electrons. The molecule has 1 amide bonds. The zero-order valence-corrected chi connectivity index (χ0v) is 13.8. The number of aryl methyl sites for hydroxylation is 1. The number of thiophene rings is 1. The van der Waals surface area contributed by atoms with Gasteiger partial charge in [0.05, 0.1) is 0 Å². The summed E-state index contributed by atoms with van der Waals surface area (Å²) in [6.45, 7) is 3.75. The third kappa shape index (κ3) is 3.84. The van der Waals surface area contributed by atoms with Gasteiger partial charge in [-0.3, -0.25) is 4.79 Å². The van der Waals surface area contributed by atoms with Crippen molar-refractivity contribution in [2.24, 2.45) is 0 Å². The van der Waals surface area contributed by atoms with Crippen LogP contribution in [0.2, 0.25) is 0 Å². The first-order valence-electron chi connectivity index (χ1n) is 7.34. The lowest BCUT2D eigenvalue weighted by Gasteiger charge is -2.13. The fourth-order valence-electron chi connectivity index (χ4n) is 2.30. The number of hydrogen-bond acceptors (Lipinski definition) is 5. The summed E-state index contributed by atoms with van der Waals surface area (Å²) in [6, 6.07) is 9.31.